The molecule has 0 radical (unpaired) electrons. The summed E-state index contributed by atoms with van der Waals surface area (Å²) in [6.07, 6.45) is 0. The normalized spacial score (nSPS) is 9.67. The van der Waals surface area contributed by atoms with E-state index in [4.69, 9.17) is 5.11 Å². The molecule has 0 aliphatic carbocycles. The standard InChI is InChI=1S/C11H11FN2O4/c1-6(15)14-7-2-3-8(9(12)4-7)11(18)13-5-10(16)17/h2-4H,5H2,1H3,(H,13,18)(H,14,15)(H,16,17). The van der Waals surface area contributed by atoms with Crippen LogP contribution in [0.5, 0.6) is 0 Å². The fourth-order valence-electron chi connectivity index (χ4n) is 1.23. The lowest BCUT2D eigenvalue weighted by Gasteiger charge is -2.06. The van der Waals surface area contributed by atoms with Crippen molar-refractivity contribution in [3.05, 3.63) is 29.6 Å². The highest BCUT2D eigenvalue weighted by Gasteiger charge is 2.13. The van der Waals surface area contributed by atoms with Crippen molar-refractivity contribution < 1.29 is 23.9 Å². The predicted molar refractivity (Wildman–Crippen MR) is 60.7 cm³/mol. The maximum absolute atomic E-state index is 13.5. The molecule has 0 aromatic heterocycles. The molecule has 1 rings (SSSR count). The second kappa shape index (κ2) is 5.76. The van der Waals surface area contributed by atoms with Crippen LogP contribution in [0.15, 0.2) is 18.2 Å². The number of carbonyl (C=O) groups is 3. The molecule has 0 saturated carbocycles. The van der Waals surface area contributed by atoms with E-state index in [0.29, 0.717) is 0 Å². The van der Waals surface area contributed by atoms with E-state index >= 15 is 0 Å². The monoisotopic (exact) mass is 254 g/mol. The smallest absolute Gasteiger partial charge is 0.322 e. The number of nitrogens with one attached hydrogen (secondary N) is 2. The zero-order valence-corrected chi connectivity index (χ0v) is 9.49. The topological polar surface area (TPSA) is 95.5 Å². The molecule has 0 heterocycles. The molecule has 3 N–H and O–H groups in total. The molecule has 0 bridgehead atoms. The molecule has 18 heavy (non-hydrogen) atoms. The fraction of sp³-hybridized carbons (Fsp3) is 0.182. The first kappa shape index (κ1) is 13.6. The van der Waals surface area contributed by atoms with E-state index in [1.807, 2.05) is 5.32 Å². The van der Waals surface area contributed by atoms with E-state index in [9.17, 15) is 18.8 Å². The van der Waals surface area contributed by atoms with Gasteiger partial charge in [0.1, 0.15) is 12.4 Å². The van der Waals surface area contributed by atoms with Gasteiger partial charge in [0.05, 0.1) is 5.56 Å². The number of benzene rings is 1. The highest BCUT2D eigenvalue weighted by atomic mass is 19.1. The van der Waals surface area contributed by atoms with Crippen molar-refractivity contribution in [3.8, 4) is 0 Å². The Kier molecular flexibility index (Phi) is 4.36. The first-order valence-electron chi connectivity index (χ1n) is 4.97. The second-order valence-electron chi connectivity index (χ2n) is 3.45. The summed E-state index contributed by atoms with van der Waals surface area (Å²) in [5, 5.41) is 12.8. The van der Waals surface area contributed by atoms with Gasteiger partial charge in [0.25, 0.3) is 5.91 Å². The molecule has 2 amide bonds. The molecular formula is C11H11FN2O4. The summed E-state index contributed by atoms with van der Waals surface area (Å²) in [5.41, 5.74) is -0.0693. The minimum Gasteiger partial charge on any atom is -0.480 e. The Hall–Kier alpha value is -2.44. The fourth-order valence-corrected chi connectivity index (χ4v) is 1.23. The SMILES string of the molecule is CC(=O)Nc1ccc(C(=O)NCC(=O)O)c(F)c1. The Balaban J connectivity index is 2.81. The van der Waals surface area contributed by atoms with E-state index in [2.05, 4.69) is 5.32 Å². The van der Waals surface area contributed by atoms with Gasteiger partial charge >= 0.3 is 5.97 Å². The number of carboxylic acid groups (broad SMARTS) is 1. The quantitative estimate of drug-likeness (QED) is 0.733. The third-order valence-electron chi connectivity index (χ3n) is 1.93. The number of hydrogen-bond donors (Lipinski definition) is 3. The number of carbonyl (C=O) groups excluding carboxylic acids is 2. The molecule has 96 valence electrons. The molecule has 0 fully saturated rings. The van der Waals surface area contributed by atoms with Crippen LogP contribution in [0.1, 0.15) is 17.3 Å². The molecule has 0 unspecified atom stereocenters. The minimum atomic E-state index is -1.22. The highest BCUT2D eigenvalue weighted by Crippen LogP contribution is 2.14. The summed E-state index contributed by atoms with van der Waals surface area (Å²) in [5.74, 6) is -3.26. The molecular weight excluding hydrogens is 243 g/mol. The predicted octanol–water partition coefficient (Wildman–Crippen LogP) is 0.598. The van der Waals surface area contributed by atoms with Gasteiger partial charge in [-0.15, -0.1) is 0 Å². The first-order chi connectivity index (χ1) is 8.40. The Morgan fingerprint density at radius 2 is 2.00 bits per heavy atom. The van der Waals surface area contributed by atoms with E-state index in [1.54, 1.807) is 0 Å². The lowest BCUT2D eigenvalue weighted by atomic mass is 10.1. The lowest BCUT2D eigenvalue weighted by molar-refractivity contribution is -0.135. The summed E-state index contributed by atoms with van der Waals surface area (Å²) in [6, 6.07) is 3.50. The lowest BCUT2D eigenvalue weighted by Crippen LogP contribution is -2.29. The van der Waals surface area contributed by atoms with Crippen molar-refractivity contribution in [2.75, 3.05) is 11.9 Å². The average molecular weight is 254 g/mol. The molecule has 6 nitrogen and oxygen atoms in total. The first-order valence-corrected chi connectivity index (χ1v) is 4.97. The van der Waals surface area contributed by atoms with Crippen LogP contribution in [0, 0.1) is 5.82 Å². The maximum atomic E-state index is 13.5. The zero-order chi connectivity index (χ0) is 13.7. The van der Waals surface area contributed by atoms with Crippen LogP contribution in [0.4, 0.5) is 10.1 Å². The van der Waals surface area contributed by atoms with Crippen molar-refractivity contribution in [2.24, 2.45) is 0 Å². The van der Waals surface area contributed by atoms with Crippen molar-refractivity contribution in [3.63, 3.8) is 0 Å². The van der Waals surface area contributed by atoms with Crippen molar-refractivity contribution in [1.82, 2.24) is 5.32 Å². The average Bonchev–Trinajstić information content (AvgIpc) is 2.25. The number of halogens is 1. The largest absolute Gasteiger partial charge is 0.480 e. The van der Waals surface area contributed by atoms with E-state index < -0.39 is 24.2 Å². The Morgan fingerprint density at radius 3 is 2.50 bits per heavy atom. The third kappa shape index (κ3) is 3.85. The molecule has 1 aromatic rings. The van der Waals surface area contributed by atoms with Crippen LogP contribution in [0.3, 0.4) is 0 Å². The highest BCUT2D eigenvalue weighted by molar-refractivity contribution is 5.97. The maximum Gasteiger partial charge on any atom is 0.322 e. The van der Waals surface area contributed by atoms with Gasteiger partial charge in [0.15, 0.2) is 0 Å². The number of aliphatic carboxylic acids is 1. The summed E-state index contributed by atoms with van der Waals surface area (Å²) in [6.45, 7) is 0.678. The van der Waals surface area contributed by atoms with Gasteiger partial charge < -0.3 is 15.7 Å². The van der Waals surface area contributed by atoms with Crippen molar-refractivity contribution >= 4 is 23.5 Å². The Labute approximate surface area is 102 Å². The van der Waals surface area contributed by atoms with Gasteiger partial charge in [0, 0.05) is 12.6 Å². The van der Waals surface area contributed by atoms with Crippen molar-refractivity contribution in [2.45, 2.75) is 6.92 Å². The van der Waals surface area contributed by atoms with Gasteiger partial charge in [-0.05, 0) is 18.2 Å². The van der Waals surface area contributed by atoms with Crippen LogP contribution in [-0.2, 0) is 9.59 Å². The zero-order valence-electron chi connectivity index (χ0n) is 9.49. The van der Waals surface area contributed by atoms with Gasteiger partial charge in [-0.3, -0.25) is 14.4 Å². The van der Waals surface area contributed by atoms with E-state index in [-0.39, 0.29) is 17.2 Å². The third-order valence-corrected chi connectivity index (χ3v) is 1.93. The summed E-state index contributed by atoms with van der Waals surface area (Å²) < 4.78 is 13.5. The molecule has 0 atom stereocenters. The van der Waals surface area contributed by atoms with Gasteiger partial charge in [-0.1, -0.05) is 0 Å². The molecule has 0 aliphatic rings. The minimum absolute atomic E-state index is 0.217. The van der Waals surface area contributed by atoms with Gasteiger partial charge in [-0.25, -0.2) is 4.39 Å². The van der Waals surface area contributed by atoms with Crippen molar-refractivity contribution in [1.29, 1.82) is 0 Å². The van der Waals surface area contributed by atoms with E-state index in [1.165, 1.54) is 13.0 Å². The van der Waals surface area contributed by atoms with Crippen LogP contribution >= 0.6 is 0 Å². The van der Waals surface area contributed by atoms with Crippen LogP contribution < -0.4 is 10.6 Å². The van der Waals surface area contributed by atoms with Gasteiger partial charge in [-0.2, -0.15) is 0 Å². The van der Waals surface area contributed by atoms with E-state index in [0.717, 1.165) is 12.1 Å². The molecule has 7 heteroatoms. The number of anilines is 1. The molecule has 0 saturated heterocycles. The van der Waals surface area contributed by atoms with Crippen LogP contribution in [-0.4, -0.2) is 29.4 Å². The molecule has 1 aromatic carbocycles. The Morgan fingerprint density at radius 1 is 1.33 bits per heavy atom. The summed E-state index contributed by atoms with van der Waals surface area (Å²) in [4.78, 5) is 32.4. The van der Waals surface area contributed by atoms with Gasteiger partial charge in [0.2, 0.25) is 5.91 Å². The van der Waals surface area contributed by atoms with Crippen LogP contribution in [0.25, 0.3) is 0 Å². The number of hydrogen-bond acceptors (Lipinski definition) is 3. The molecule has 0 aliphatic heterocycles. The number of carboxylic acids is 1. The second-order valence-corrected chi connectivity index (χ2v) is 3.45. The number of amides is 2. The van der Waals surface area contributed by atoms with Crippen LogP contribution in [0.2, 0.25) is 0 Å². The summed E-state index contributed by atoms with van der Waals surface area (Å²) in [7, 11) is 0. The number of rotatable bonds is 4. The molecule has 0 spiro atoms. The Bertz CT molecular complexity index is 502. The summed E-state index contributed by atoms with van der Waals surface area (Å²) >= 11 is 0.